The highest BCUT2D eigenvalue weighted by Gasteiger charge is 2.28. The van der Waals surface area contributed by atoms with Gasteiger partial charge in [-0.15, -0.1) is 0 Å². The number of hydrogen-bond donors (Lipinski definition) is 1. The van der Waals surface area contributed by atoms with Crippen LogP contribution < -0.4 is 0 Å². The van der Waals surface area contributed by atoms with Gasteiger partial charge in [-0.1, -0.05) is 30.3 Å². The quantitative estimate of drug-likeness (QED) is 0.780. The standard InChI is InChI=1S/C21H23N5O/c27-21(20-18-8-4-5-9-19(18)22-23-20)25-10-11-26-17(14-25)13-16(24-26)12-15-6-2-1-3-7-15/h1-3,6-7,13H,4-5,8-12,14H2,(H,22,23). The fourth-order valence-electron chi connectivity index (χ4n) is 4.20. The lowest BCUT2D eigenvalue weighted by Gasteiger charge is -2.27. The molecule has 27 heavy (non-hydrogen) atoms. The summed E-state index contributed by atoms with van der Waals surface area (Å²) in [4.78, 5) is 15.0. The van der Waals surface area contributed by atoms with Gasteiger partial charge in [0.05, 0.1) is 24.5 Å². The van der Waals surface area contributed by atoms with Crippen molar-refractivity contribution in [1.82, 2.24) is 24.9 Å². The Balaban J connectivity index is 1.34. The topological polar surface area (TPSA) is 66.8 Å². The molecule has 6 heteroatoms. The molecule has 138 valence electrons. The summed E-state index contributed by atoms with van der Waals surface area (Å²) in [5.41, 5.74) is 6.32. The SMILES string of the molecule is O=C(c1n[nH]c2c1CCCC2)N1CCn2nc(Cc3ccccc3)cc2C1. The van der Waals surface area contributed by atoms with E-state index in [-0.39, 0.29) is 5.91 Å². The third-order valence-electron chi connectivity index (χ3n) is 5.62. The number of nitrogens with zero attached hydrogens (tertiary/aromatic N) is 4. The molecule has 3 aromatic rings. The lowest BCUT2D eigenvalue weighted by Crippen LogP contribution is -2.39. The highest BCUT2D eigenvalue weighted by molar-refractivity contribution is 5.94. The molecule has 0 saturated heterocycles. The second-order valence-corrected chi connectivity index (χ2v) is 7.48. The van der Waals surface area contributed by atoms with Crippen LogP contribution in [0.25, 0.3) is 0 Å². The van der Waals surface area contributed by atoms with Crippen LogP contribution in [0.2, 0.25) is 0 Å². The first kappa shape index (κ1) is 16.3. The zero-order valence-electron chi connectivity index (χ0n) is 15.3. The monoisotopic (exact) mass is 361 g/mol. The fourth-order valence-corrected chi connectivity index (χ4v) is 4.20. The van der Waals surface area contributed by atoms with Crippen LogP contribution in [-0.2, 0) is 32.4 Å². The number of H-pyrrole nitrogens is 1. The smallest absolute Gasteiger partial charge is 0.275 e. The van der Waals surface area contributed by atoms with Gasteiger partial charge in [0.2, 0.25) is 0 Å². The minimum absolute atomic E-state index is 0.0476. The van der Waals surface area contributed by atoms with Crippen LogP contribution in [-0.4, -0.2) is 37.3 Å². The average molecular weight is 361 g/mol. The van der Waals surface area contributed by atoms with Gasteiger partial charge in [0.15, 0.2) is 5.69 Å². The number of aromatic amines is 1. The highest BCUT2D eigenvalue weighted by atomic mass is 16.2. The number of carbonyl (C=O) groups is 1. The van der Waals surface area contributed by atoms with Crippen molar-refractivity contribution in [1.29, 1.82) is 0 Å². The van der Waals surface area contributed by atoms with E-state index in [1.165, 1.54) is 12.0 Å². The first-order valence-corrected chi connectivity index (χ1v) is 9.73. The Morgan fingerprint density at radius 3 is 2.85 bits per heavy atom. The summed E-state index contributed by atoms with van der Waals surface area (Å²) in [6, 6.07) is 12.5. The summed E-state index contributed by atoms with van der Waals surface area (Å²) in [6.45, 7) is 2.02. The summed E-state index contributed by atoms with van der Waals surface area (Å²) in [7, 11) is 0. The fraction of sp³-hybridized carbons (Fsp3) is 0.381. The molecule has 1 aliphatic carbocycles. The Bertz CT molecular complexity index is 972. The first-order valence-electron chi connectivity index (χ1n) is 9.73. The van der Waals surface area contributed by atoms with Gasteiger partial charge < -0.3 is 4.90 Å². The Kier molecular flexibility index (Phi) is 4.03. The third-order valence-corrected chi connectivity index (χ3v) is 5.62. The van der Waals surface area contributed by atoms with Gasteiger partial charge in [0.25, 0.3) is 5.91 Å². The van der Waals surface area contributed by atoms with Crippen LogP contribution in [0, 0.1) is 0 Å². The van der Waals surface area contributed by atoms with E-state index in [2.05, 4.69) is 40.5 Å². The van der Waals surface area contributed by atoms with E-state index in [4.69, 9.17) is 5.10 Å². The Labute approximate surface area is 158 Å². The van der Waals surface area contributed by atoms with Gasteiger partial charge in [-0.2, -0.15) is 10.2 Å². The van der Waals surface area contributed by atoms with Crippen LogP contribution in [0.1, 0.15) is 51.5 Å². The largest absolute Gasteiger partial charge is 0.329 e. The molecule has 2 aliphatic rings. The molecular weight excluding hydrogens is 338 g/mol. The maximum atomic E-state index is 13.1. The third kappa shape index (κ3) is 3.05. The molecular formula is C21H23N5O. The van der Waals surface area contributed by atoms with Crippen molar-refractivity contribution in [3.63, 3.8) is 0 Å². The van der Waals surface area contributed by atoms with E-state index in [9.17, 15) is 4.79 Å². The summed E-state index contributed by atoms with van der Waals surface area (Å²) in [5.74, 6) is 0.0476. The average Bonchev–Trinajstić information content (AvgIpc) is 3.31. The minimum atomic E-state index is 0.0476. The molecule has 1 amide bonds. The summed E-state index contributed by atoms with van der Waals surface area (Å²) < 4.78 is 2.04. The normalized spacial score (nSPS) is 16.1. The lowest BCUT2D eigenvalue weighted by atomic mass is 9.95. The van der Waals surface area contributed by atoms with Crippen molar-refractivity contribution in [2.45, 2.75) is 45.2 Å². The van der Waals surface area contributed by atoms with Gasteiger partial charge >= 0.3 is 0 Å². The first-order chi connectivity index (χ1) is 13.3. The van der Waals surface area contributed by atoms with Crippen molar-refractivity contribution in [3.8, 4) is 0 Å². The second kappa shape index (κ2) is 6.68. The van der Waals surface area contributed by atoms with Gasteiger partial charge in [0.1, 0.15) is 0 Å². The molecule has 0 saturated carbocycles. The predicted molar refractivity (Wildman–Crippen MR) is 101 cm³/mol. The maximum absolute atomic E-state index is 13.1. The number of aromatic nitrogens is 4. The van der Waals surface area contributed by atoms with Gasteiger partial charge in [-0.3, -0.25) is 14.6 Å². The number of aryl methyl sites for hydroxylation is 1. The molecule has 3 heterocycles. The number of benzene rings is 1. The van der Waals surface area contributed by atoms with Crippen molar-refractivity contribution >= 4 is 5.91 Å². The van der Waals surface area contributed by atoms with E-state index in [1.807, 2.05) is 15.6 Å². The van der Waals surface area contributed by atoms with Gasteiger partial charge in [-0.05, 0) is 37.3 Å². The molecule has 1 aliphatic heterocycles. The maximum Gasteiger partial charge on any atom is 0.275 e. The number of hydrogen-bond acceptors (Lipinski definition) is 3. The molecule has 0 bridgehead atoms. The second-order valence-electron chi connectivity index (χ2n) is 7.48. The molecule has 0 atom stereocenters. The van der Waals surface area contributed by atoms with E-state index < -0.39 is 0 Å². The van der Waals surface area contributed by atoms with E-state index in [1.54, 1.807) is 0 Å². The summed E-state index contributed by atoms with van der Waals surface area (Å²) in [5, 5.41) is 12.2. The van der Waals surface area contributed by atoms with Gasteiger partial charge in [0, 0.05) is 24.2 Å². The predicted octanol–water partition coefficient (Wildman–Crippen LogP) is 2.73. The van der Waals surface area contributed by atoms with Crippen molar-refractivity contribution in [2.24, 2.45) is 0 Å². The lowest BCUT2D eigenvalue weighted by molar-refractivity contribution is 0.0699. The molecule has 2 aromatic heterocycles. The number of fused-ring (bicyclic) bond motifs is 2. The van der Waals surface area contributed by atoms with Gasteiger partial charge in [-0.25, -0.2) is 0 Å². The zero-order valence-corrected chi connectivity index (χ0v) is 15.3. The summed E-state index contributed by atoms with van der Waals surface area (Å²) >= 11 is 0. The molecule has 6 nitrogen and oxygen atoms in total. The number of carbonyl (C=O) groups excluding carboxylic acids is 1. The van der Waals surface area contributed by atoms with E-state index in [0.717, 1.165) is 54.9 Å². The Morgan fingerprint density at radius 2 is 1.96 bits per heavy atom. The highest BCUT2D eigenvalue weighted by Crippen LogP contribution is 2.24. The molecule has 1 N–H and O–H groups in total. The van der Waals surface area contributed by atoms with Crippen LogP contribution in [0.3, 0.4) is 0 Å². The van der Waals surface area contributed by atoms with Crippen LogP contribution in [0.4, 0.5) is 0 Å². The molecule has 0 spiro atoms. The molecule has 0 unspecified atom stereocenters. The molecule has 1 aromatic carbocycles. The summed E-state index contributed by atoms with van der Waals surface area (Å²) in [6.07, 6.45) is 5.10. The van der Waals surface area contributed by atoms with Crippen LogP contribution in [0.5, 0.6) is 0 Å². The number of amides is 1. The van der Waals surface area contributed by atoms with E-state index >= 15 is 0 Å². The Hall–Kier alpha value is -2.89. The Morgan fingerprint density at radius 1 is 1.11 bits per heavy atom. The number of nitrogens with one attached hydrogen (secondary N) is 1. The minimum Gasteiger partial charge on any atom is -0.329 e. The number of rotatable bonds is 3. The van der Waals surface area contributed by atoms with Crippen molar-refractivity contribution < 1.29 is 4.79 Å². The van der Waals surface area contributed by atoms with Crippen molar-refractivity contribution in [2.75, 3.05) is 6.54 Å². The van der Waals surface area contributed by atoms with Crippen LogP contribution >= 0.6 is 0 Å². The van der Waals surface area contributed by atoms with Crippen molar-refractivity contribution in [3.05, 3.63) is 70.3 Å². The molecule has 0 fully saturated rings. The van der Waals surface area contributed by atoms with Crippen LogP contribution in [0.15, 0.2) is 36.4 Å². The zero-order chi connectivity index (χ0) is 18.2. The molecule has 0 radical (unpaired) electrons. The van der Waals surface area contributed by atoms with E-state index in [0.29, 0.717) is 18.8 Å². The molecule has 5 rings (SSSR count).